The van der Waals surface area contributed by atoms with Gasteiger partial charge in [-0.25, -0.2) is 13.6 Å². The van der Waals surface area contributed by atoms with Crippen molar-refractivity contribution < 1.29 is 18.7 Å². The highest BCUT2D eigenvalue weighted by molar-refractivity contribution is 5.76. The third-order valence-corrected chi connectivity index (χ3v) is 2.40. The van der Waals surface area contributed by atoms with E-state index < -0.39 is 17.4 Å². The second-order valence-corrected chi connectivity index (χ2v) is 3.56. The molecule has 1 aromatic rings. The van der Waals surface area contributed by atoms with Gasteiger partial charge in [-0.15, -0.1) is 0 Å². The maximum atomic E-state index is 13.0. The maximum absolute atomic E-state index is 13.0. The summed E-state index contributed by atoms with van der Waals surface area (Å²) in [4.78, 5) is 12.6. The number of carbonyl (C=O) groups excluding carboxylic acids is 1. The number of hydrogen-bond donors (Lipinski definition) is 2. The molecule has 1 saturated heterocycles. The van der Waals surface area contributed by atoms with Gasteiger partial charge in [0.15, 0.2) is 17.4 Å². The van der Waals surface area contributed by atoms with Gasteiger partial charge in [-0.2, -0.15) is 0 Å². The second kappa shape index (κ2) is 3.96. The van der Waals surface area contributed by atoms with Gasteiger partial charge in [0.1, 0.15) is 0 Å². The van der Waals surface area contributed by atoms with Crippen molar-refractivity contribution in [2.24, 2.45) is 0 Å². The molecule has 0 saturated carbocycles. The molecule has 16 heavy (non-hydrogen) atoms. The molecule has 0 bridgehead atoms. The Balaban J connectivity index is 2.18. The summed E-state index contributed by atoms with van der Waals surface area (Å²) >= 11 is 0. The Morgan fingerprint density at radius 1 is 1.38 bits per heavy atom. The molecule has 2 N–H and O–H groups in total. The van der Waals surface area contributed by atoms with Crippen LogP contribution in [0.25, 0.3) is 0 Å². The first kappa shape index (κ1) is 10.7. The van der Waals surface area contributed by atoms with Gasteiger partial charge in [0, 0.05) is 19.6 Å². The standard InChI is InChI=1S/C10H10F2N2O2/c11-7-3-6(4-8(12)9(7)15)5-14-2-1-13-10(14)16/h3-4,15H,1-2,5H2,(H,13,16). The number of rotatable bonds is 2. The molecular formula is C10H10F2N2O2. The fourth-order valence-corrected chi connectivity index (χ4v) is 1.59. The zero-order valence-corrected chi connectivity index (χ0v) is 8.33. The minimum atomic E-state index is -1.02. The second-order valence-electron chi connectivity index (χ2n) is 3.56. The Hall–Kier alpha value is -1.85. The SMILES string of the molecule is O=C1NCCN1Cc1cc(F)c(O)c(F)c1. The minimum absolute atomic E-state index is 0.125. The number of hydrogen-bond acceptors (Lipinski definition) is 2. The lowest BCUT2D eigenvalue weighted by Crippen LogP contribution is -2.27. The van der Waals surface area contributed by atoms with Crippen LogP contribution in [0.4, 0.5) is 13.6 Å². The Morgan fingerprint density at radius 2 is 2.00 bits per heavy atom. The largest absolute Gasteiger partial charge is 0.503 e. The molecule has 1 heterocycles. The summed E-state index contributed by atoms with van der Waals surface area (Å²) in [6, 6.07) is 1.78. The van der Waals surface area contributed by atoms with Crippen molar-refractivity contribution in [1.29, 1.82) is 0 Å². The Bertz CT molecular complexity index is 414. The smallest absolute Gasteiger partial charge is 0.317 e. The number of phenols is 1. The fraction of sp³-hybridized carbons (Fsp3) is 0.300. The van der Waals surface area contributed by atoms with Crippen LogP contribution < -0.4 is 5.32 Å². The molecule has 1 aliphatic rings. The number of nitrogens with zero attached hydrogens (tertiary/aromatic N) is 1. The van der Waals surface area contributed by atoms with Gasteiger partial charge in [0.25, 0.3) is 0 Å². The molecule has 0 spiro atoms. The van der Waals surface area contributed by atoms with Crippen molar-refractivity contribution in [2.45, 2.75) is 6.54 Å². The van der Waals surface area contributed by atoms with Crippen molar-refractivity contribution in [1.82, 2.24) is 10.2 Å². The molecule has 0 aromatic heterocycles. The third-order valence-electron chi connectivity index (χ3n) is 2.40. The molecule has 1 aromatic carbocycles. The number of urea groups is 1. The van der Waals surface area contributed by atoms with Crippen molar-refractivity contribution in [3.8, 4) is 5.75 Å². The summed E-state index contributed by atoms with van der Waals surface area (Å²) in [5, 5.41) is 11.5. The number of carbonyl (C=O) groups is 1. The van der Waals surface area contributed by atoms with Crippen LogP contribution in [0.1, 0.15) is 5.56 Å². The monoisotopic (exact) mass is 228 g/mol. The van der Waals surface area contributed by atoms with Crippen LogP contribution in [0, 0.1) is 11.6 Å². The normalized spacial score (nSPS) is 15.4. The predicted octanol–water partition coefficient (Wildman–Crippen LogP) is 1.20. The molecule has 0 aliphatic carbocycles. The summed E-state index contributed by atoms with van der Waals surface area (Å²) in [5.74, 6) is -3.03. The quantitative estimate of drug-likeness (QED) is 0.799. The van der Waals surface area contributed by atoms with Crippen LogP contribution >= 0.6 is 0 Å². The molecule has 1 aliphatic heterocycles. The molecule has 4 nitrogen and oxygen atoms in total. The van der Waals surface area contributed by atoms with Gasteiger partial charge in [0.2, 0.25) is 0 Å². The summed E-state index contributed by atoms with van der Waals surface area (Å²) in [7, 11) is 0. The summed E-state index contributed by atoms with van der Waals surface area (Å²) < 4.78 is 26.0. The Labute approximate surface area is 90.5 Å². The first-order chi connectivity index (χ1) is 7.58. The lowest BCUT2D eigenvalue weighted by molar-refractivity contribution is 0.215. The summed E-state index contributed by atoms with van der Waals surface area (Å²) in [6.07, 6.45) is 0. The van der Waals surface area contributed by atoms with E-state index in [4.69, 9.17) is 5.11 Å². The van der Waals surface area contributed by atoms with E-state index in [1.165, 1.54) is 4.90 Å². The van der Waals surface area contributed by atoms with Crippen LogP contribution in [-0.2, 0) is 6.54 Å². The van der Waals surface area contributed by atoms with E-state index in [1.54, 1.807) is 0 Å². The van der Waals surface area contributed by atoms with Crippen LogP contribution in [0.5, 0.6) is 5.75 Å². The average Bonchev–Trinajstić information content (AvgIpc) is 2.61. The van der Waals surface area contributed by atoms with Gasteiger partial charge in [-0.3, -0.25) is 0 Å². The molecule has 0 atom stereocenters. The fourth-order valence-electron chi connectivity index (χ4n) is 1.59. The van der Waals surface area contributed by atoms with Crippen molar-refractivity contribution in [3.05, 3.63) is 29.3 Å². The average molecular weight is 228 g/mol. The predicted molar refractivity (Wildman–Crippen MR) is 51.8 cm³/mol. The number of aromatic hydroxyl groups is 1. The summed E-state index contributed by atoms with van der Waals surface area (Å²) in [6.45, 7) is 1.16. The minimum Gasteiger partial charge on any atom is -0.503 e. The zero-order chi connectivity index (χ0) is 11.7. The molecule has 1 fully saturated rings. The lowest BCUT2D eigenvalue weighted by Gasteiger charge is -2.14. The zero-order valence-electron chi connectivity index (χ0n) is 8.33. The molecule has 0 radical (unpaired) electrons. The van der Waals surface area contributed by atoms with Crippen LogP contribution in [0.2, 0.25) is 0 Å². The number of halogens is 2. The first-order valence-corrected chi connectivity index (χ1v) is 4.77. The van der Waals surface area contributed by atoms with E-state index in [0.29, 0.717) is 18.7 Å². The number of benzene rings is 1. The van der Waals surface area contributed by atoms with Crippen molar-refractivity contribution >= 4 is 6.03 Å². The van der Waals surface area contributed by atoms with Crippen LogP contribution in [0.15, 0.2) is 12.1 Å². The molecular weight excluding hydrogens is 218 g/mol. The highest BCUT2D eigenvalue weighted by Crippen LogP contribution is 2.22. The first-order valence-electron chi connectivity index (χ1n) is 4.77. The van der Waals surface area contributed by atoms with E-state index in [9.17, 15) is 13.6 Å². The van der Waals surface area contributed by atoms with E-state index in [2.05, 4.69) is 5.32 Å². The third kappa shape index (κ3) is 1.91. The molecule has 2 rings (SSSR count). The lowest BCUT2D eigenvalue weighted by atomic mass is 10.2. The van der Waals surface area contributed by atoms with Gasteiger partial charge in [0.05, 0.1) is 0 Å². The number of phenolic OH excluding ortho intramolecular Hbond substituents is 1. The highest BCUT2D eigenvalue weighted by Gasteiger charge is 2.20. The number of nitrogens with one attached hydrogen (secondary N) is 1. The van der Waals surface area contributed by atoms with Gasteiger partial charge in [-0.1, -0.05) is 0 Å². The van der Waals surface area contributed by atoms with Gasteiger partial charge < -0.3 is 15.3 Å². The van der Waals surface area contributed by atoms with E-state index in [-0.39, 0.29) is 12.6 Å². The van der Waals surface area contributed by atoms with Crippen molar-refractivity contribution in [2.75, 3.05) is 13.1 Å². The van der Waals surface area contributed by atoms with Crippen molar-refractivity contribution in [3.63, 3.8) is 0 Å². The molecule has 2 amide bonds. The van der Waals surface area contributed by atoms with Crippen LogP contribution in [-0.4, -0.2) is 29.1 Å². The Morgan fingerprint density at radius 3 is 2.50 bits per heavy atom. The Kier molecular flexibility index (Phi) is 2.64. The number of amides is 2. The highest BCUT2D eigenvalue weighted by atomic mass is 19.1. The maximum Gasteiger partial charge on any atom is 0.317 e. The van der Waals surface area contributed by atoms with Crippen LogP contribution in [0.3, 0.4) is 0 Å². The molecule has 0 unspecified atom stereocenters. The van der Waals surface area contributed by atoms with E-state index >= 15 is 0 Å². The molecule has 6 heteroatoms. The topological polar surface area (TPSA) is 52.6 Å². The van der Waals surface area contributed by atoms with Gasteiger partial charge in [-0.05, 0) is 17.7 Å². The molecule has 86 valence electrons. The van der Waals surface area contributed by atoms with Gasteiger partial charge >= 0.3 is 6.03 Å². The van der Waals surface area contributed by atoms with E-state index in [0.717, 1.165) is 12.1 Å². The summed E-state index contributed by atoms with van der Waals surface area (Å²) in [5.41, 5.74) is 0.310. The van der Waals surface area contributed by atoms with E-state index in [1.807, 2.05) is 0 Å².